The molecule has 1 aromatic carbocycles. The normalized spacial score (nSPS) is 18.5. The highest BCUT2D eigenvalue weighted by Gasteiger charge is 2.24. The van der Waals surface area contributed by atoms with Gasteiger partial charge in [0, 0.05) is 25.7 Å². The molecule has 0 unspecified atom stereocenters. The van der Waals surface area contributed by atoms with Crippen LogP contribution in [0.4, 0.5) is 0 Å². The minimum atomic E-state index is 0.712. The molecule has 0 aromatic heterocycles. The van der Waals surface area contributed by atoms with Crippen molar-refractivity contribution in [3.8, 4) is 0 Å². The van der Waals surface area contributed by atoms with Crippen molar-refractivity contribution in [3.63, 3.8) is 0 Å². The summed E-state index contributed by atoms with van der Waals surface area (Å²) in [6.07, 6.45) is 0. The summed E-state index contributed by atoms with van der Waals surface area (Å²) in [5.41, 5.74) is 1.41. The van der Waals surface area contributed by atoms with E-state index in [2.05, 4.69) is 40.5 Å². The van der Waals surface area contributed by atoms with E-state index in [0.29, 0.717) is 6.04 Å². The Balaban J connectivity index is 1.81. The number of hydrogen-bond donors (Lipinski definition) is 1. The third-order valence-electron chi connectivity index (χ3n) is 2.61. The molecule has 0 spiro atoms. The molecule has 70 valence electrons. The summed E-state index contributed by atoms with van der Waals surface area (Å²) in [6, 6.07) is 11.4. The Hall–Kier alpha value is -0.860. The number of likely N-dealkylation sites (tertiary alicyclic amines) is 1. The molecule has 2 nitrogen and oxygen atoms in total. The highest BCUT2D eigenvalue weighted by Crippen LogP contribution is 2.12. The highest BCUT2D eigenvalue weighted by atomic mass is 15.2. The quantitative estimate of drug-likeness (QED) is 0.741. The third-order valence-corrected chi connectivity index (χ3v) is 2.61. The maximum absolute atomic E-state index is 3.28. The summed E-state index contributed by atoms with van der Waals surface area (Å²) in [6.45, 7) is 3.47. The zero-order chi connectivity index (χ0) is 9.10. The van der Waals surface area contributed by atoms with Gasteiger partial charge < -0.3 is 5.32 Å². The van der Waals surface area contributed by atoms with Crippen LogP contribution in [0.15, 0.2) is 30.3 Å². The molecule has 0 aliphatic carbocycles. The van der Waals surface area contributed by atoms with Gasteiger partial charge in [-0.05, 0) is 12.6 Å². The minimum absolute atomic E-state index is 0.712. The lowest BCUT2D eigenvalue weighted by Crippen LogP contribution is -2.56. The topological polar surface area (TPSA) is 15.3 Å². The molecule has 0 atom stereocenters. The maximum atomic E-state index is 3.28. The van der Waals surface area contributed by atoms with E-state index in [-0.39, 0.29) is 0 Å². The molecule has 2 rings (SSSR count). The molecule has 13 heavy (non-hydrogen) atoms. The Morgan fingerprint density at radius 3 is 2.62 bits per heavy atom. The van der Waals surface area contributed by atoms with Crippen molar-refractivity contribution in [2.24, 2.45) is 0 Å². The van der Waals surface area contributed by atoms with Crippen molar-refractivity contribution in [3.05, 3.63) is 35.9 Å². The summed E-state index contributed by atoms with van der Waals surface area (Å²) in [4.78, 5) is 2.45. The number of nitrogens with zero attached hydrogens (tertiary/aromatic N) is 1. The minimum Gasteiger partial charge on any atom is -0.315 e. The average molecular weight is 176 g/mol. The first kappa shape index (κ1) is 8.73. The maximum Gasteiger partial charge on any atom is 0.0320 e. The van der Waals surface area contributed by atoms with E-state index in [0.717, 1.165) is 6.54 Å². The van der Waals surface area contributed by atoms with Crippen molar-refractivity contribution in [2.45, 2.75) is 12.6 Å². The summed E-state index contributed by atoms with van der Waals surface area (Å²) < 4.78 is 0. The molecule has 1 aliphatic heterocycles. The van der Waals surface area contributed by atoms with Crippen LogP contribution in [-0.4, -0.2) is 31.1 Å². The van der Waals surface area contributed by atoms with E-state index in [1.54, 1.807) is 0 Å². The van der Waals surface area contributed by atoms with Crippen LogP contribution in [-0.2, 0) is 6.54 Å². The van der Waals surface area contributed by atoms with Crippen LogP contribution in [0.2, 0.25) is 0 Å². The fourth-order valence-corrected chi connectivity index (χ4v) is 1.72. The molecule has 1 aliphatic rings. The monoisotopic (exact) mass is 176 g/mol. The second-order valence-electron chi connectivity index (χ2n) is 3.67. The number of benzene rings is 1. The molecule has 1 aromatic rings. The Morgan fingerprint density at radius 1 is 1.31 bits per heavy atom. The standard InChI is InChI=1S/C11H16N2/c1-12-11-8-13(9-11)7-10-5-3-2-4-6-10/h2-6,11-12H,7-9H2,1H3. The molecule has 0 radical (unpaired) electrons. The van der Waals surface area contributed by atoms with Crippen LogP contribution in [0.1, 0.15) is 5.56 Å². The Kier molecular flexibility index (Phi) is 2.62. The number of likely N-dealkylation sites (N-methyl/N-ethyl adjacent to an activating group) is 1. The van der Waals surface area contributed by atoms with Crippen LogP contribution in [0, 0.1) is 0 Å². The third kappa shape index (κ3) is 2.08. The second-order valence-corrected chi connectivity index (χ2v) is 3.67. The first-order valence-electron chi connectivity index (χ1n) is 4.82. The molecule has 0 bridgehead atoms. The van der Waals surface area contributed by atoms with Gasteiger partial charge in [0.15, 0.2) is 0 Å². The largest absolute Gasteiger partial charge is 0.315 e. The Labute approximate surface area is 79.6 Å². The van der Waals surface area contributed by atoms with Gasteiger partial charge in [0.2, 0.25) is 0 Å². The van der Waals surface area contributed by atoms with E-state index in [1.807, 2.05) is 7.05 Å². The molecule has 0 amide bonds. The highest BCUT2D eigenvalue weighted by molar-refractivity contribution is 5.15. The molecule has 0 saturated carbocycles. The first-order valence-corrected chi connectivity index (χ1v) is 4.82. The van der Waals surface area contributed by atoms with Gasteiger partial charge in [-0.25, -0.2) is 0 Å². The smallest absolute Gasteiger partial charge is 0.0320 e. The number of hydrogen-bond acceptors (Lipinski definition) is 2. The molecule has 2 heteroatoms. The van der Waals surface area contributed by atoms with Crippen molar-refractivity contribution in [1.82, 2.24) is 10.2 Å². The predicted octanol–water partition coefficient (Wildman–Crippen LogP) is 1.09. The van der Waals surface area contributed by atoms with E-state index in [4.69, 9.17) is 0 Å². The Morgan fingerprint density at radius 2 is 2.00 bits per heavy atom. The van der Waals surface area contributed by atoms with Crippen LogP contribution in [0.3, 0.4) is 0 Å². The van der Waals surface area contributed by atoms with E-state index < -0.39 is 0 Å². The van der Waals surface area contributed by atoms with Gasteiger partial charge in [-0.1, -0.05) is 30.3 Å². The van der Waals surface area contributed by atoms with E-state index >= 15 is 0 Å². The van der Waals surface area contributed by atoms with Gasteiger partial charge >= 0.3 is 0 Å². The van der Waals surface area contributed by atoms with Crippen molar-refractivity contribution in [2.75, 3.05) is 20.1 Å². The van der Waals surface area contributed by atoms with Gasteiger partial charge in [-0.15, -0.1) is 0 Å². The van der Waals surface area contributed by atoms with Gasteiger partial charge in [0.25, 0.3) is 0 Å². The van der Waals surface area contributed by atoms with Gasteiger partial charge in [-0.2, -0.15) is 0 Å². The van der Waals surface area contributed by atoms with Crippen molar-refractivity contribution >= 4 is 0 Å². The van der Waals surface area contributed by atoms with Crippen LogP contribution < -0.4 is 5.32 Å². The predicted molar refractivity (Wildman–Crippen MR) is 54.6 cm³/mol. The molecule has 1 N–H and O–H groups in total. The average Bonchev–Trinajstić information content (AvgIpc) is 2.12. The van der Waals surface area contributed by atoms with Crippen LogP contribution >= 0.6 is 0 Å². The van der Waals surface area contributed by atoms with Crippen LogP contribution in [0.5, 0.6) is 0 Å². The lowest BCUT2D eigenvalue weighted by molar-refractivity contribution is 0.124. The van der Waals surface area contributed by atoms with Gasteiger partial charge in [0.1, 0.15) is 0 Å². The molecular formula is C11H16N2. The summed E-state index contributed by atoms with van der Waals surface area (Å²) in [5, 5.41) is 3.28. The lowest BCUT2D eigenvalue weighted by Gasteiger charge is -2.39. The molecular weight excluding hydrogens is 160 g/mol. The zero-order valence-corrected chi connectivity index (χ0v) is 8.03. The second kappa shape index (κ2) is 3.90. The summed E-state index contributed by atoms with van der Waals surface area (Å²) in [7, 11) is 2.03. The SMILES string of the molecule is CNC1CN(Cc2ccccc2)C1. The number of nitrogens with one attached hydrogen (secondary N) is 1. The van der Waals surface area contributed by atoms with Crippen LogP contribution in [0.25, 0.3) is 0 Å². The molecule has 1 fully saturated rings. The molecule has 1 heterocycles. The first-order chi connectivity index (χ1) is 6.38. The fraction of sp³-hybridized carbons (Fsp3) is 0.455. The van der Waals surface area contributed by atoms with Gasteiger partial charge in [0.05, 0.1) is 0 Å². The van der Waals surface area contributed by atoms with Gasteiger partial charge in [-0.3, -0.25) is 4.90 Å². The van der Waals surface area contributed by atoms with Crippen molar-refractivity contribution in [1.29, 1.82) is 0 Å². The lowest BCUT2D eigenvalue weighted by atomic mass is 10.1. The summed E-state index contributed by atoms with van der Waals surface area (Å²) in [5.74, 6) is 0. The van der Waals surface area contributed by atoms with E-state index in [9.17, 15) is 0 Å². The molecule has 1 saturated heterocycles. The summed E-state index contributed by atoms with van der Waals surface area (Å²) >= 11 is 0. The fourth-order valence-electron chi connectivity index (χ4n) is 1.72. The number of rotatable bonds is 3. The zero-order valence-electron chi connectivity index (χ0n) is 8.03. The van der Waals surface area contributed by atoms with E-state index in [1.165, 1.54) is 18.7 Å². The van der Waals surface area contributed by atoms with Crippen molar-refractivity contribution < 1.29 is 0 Å². The Bertz CT molecular complexity index is 252.